The number of nitrogens with zero attached hydrogens (tertiary/aromatic N) is 2. The molecule has 4 rings (SSSR count). The third-order valence-corrected chi connectivity index (χ3v) is 5.74. The largest absolute Gasteiger partial charge is 0.340 e. The van der Waals surface area contributed by atoms with Gasteiger partial charge in [-0.25, -0.2) is 8.78 Å². The van der Waals surface area contributed by atoms with Crippen molar-refractivity contribution in [3.63, 3.8) is 0 Å². The zero-order valence-electron chi connectivity index (χ0n) is 15.0. The van der Waals surface area contributed by atoms with Crippen molar-refractivity contribution in [1.82, 2.24) is 15.1 Å². The van der Waals surface area contributed by atoms with Crippen molar-refractivity contribution < 1.29 is 18.4 Å². The summed E-state index contributed by atoms with van der Waals surface area (Å²) in [5.41, 5.74) is 0.426. The topological polar surface area (TPSA) is 52.7 Å². The highest BCUT2D eigenvalue weighted by Crippen LogP contribution is 2.49. The van der Waals surface area contributed by atoms with Crippen LogP contribution in [0.4, 0.5) is 8.78 Å². The molecule has 3 fully saturated rings. The lowest BCUT2D eigenvalue weighted by molar-refractivity contribution is -0.141. The lowest BCUT2D eigenvalue weighted by atomic mass is 10.0. The van der Waals surface area contributed by atoms with Gasteiger partial charge < -0.3 is 15.1 Å². The van der Waals surface area contributed by atoms with E-state index in [1.54, 1.807) is 0 Å². The molecule has 2 heterocycles. The second-order valence-corrected chi connectivity index (χ2v) is 7.46. The van der Waals surface area contributed by atoms with E-state index in [-0.39, 0.29) is 42.1 Å². The van der Waals surface area contributed by atoms with Gasteiger partial charge in [-0.1, -0.05) is 6.07 Å². The van der Waals surface area contributed by atoms with Crippen molar-refractivity contribution in [3.8, 4) is 0 Å². The van der Waals surface area contributed by atoms with Crippen molar-refractivity contribution >= 4 is 24.2 Å². The van der Waals surface area contributed by atoms with Gasteiger partial charge in [-0.15, -0.1) is 12.4 Å². The number of amides is 2. The Morgan fingerprint density at radius 1 is 1.22 bits per heavy atom. The molecule has 0 spiro atoms. The summed E-state index contributed by atoms with van der Waals surface area (Å²) in [7, 11) is 0. The predicted molar refractivity (Wildman–Crippen MR) is 98.6 cm³/mol. The number of piperidine rings is 1. The quantitative estimate of drug-likeness (QED) is 0.844. The molecule has 27 heavy (non-hydrogen) atoms. The highest BCUT2D eigenvalue weighted by Gasteiger charge is 2.47. The van der Waals surface area contributed by atoms with Crippen LogP contribution in [0, 0.1) is 17.6 Å². The van der Waals surface area contributed by atoms with Crippen LogP contribution in [0.15, 0.2) is 18.2 Å². The maximum atomic E-state index is 14.0. The Morgan fingerprint density at radius 2 is 2.04 bits per heavy atom. The average Bonchev–Trinajstić information content (AvgIpc) is 3.42. The molecule has 5 nitrogen and oxygen atoms in total. The zero-order valence-corrected chi connectivity index (χ0v) is 15.8. The number of nitrogens with one attached hydrogen (secondary N) is 1. The molecule has 0 aromatic heterocycles. The SMILES string of the molecule is Cl.O=C(C1CC1c1ccc(F)cc1F)N1CCCC(N2CCNCC2=O)C1. The van der Waals surface area contributed by atoms with Crippen LogP contribution in [0.3, 0.4) is 0 Å². The van der Waals surface area contributed by atoms with Gasteiger partial charge in [0.2, 0.25) is 11.8 Å². The third-order valence-electron chi connectivity index (χ3n) is 5.74. The molecule has 0 radical (unpaired) electrons. The van der Waals surface area contributed by atoms with E-state index in [1.165, 1.54) is 12.1 Å². The van der Waals surface area contributed by atoms with Crippen molar-refractivity contribution in [1.29, 1.82) is 0 Å². The summed E-state index contributed by atoms with van der Waals surface area (Å²) in [5.74, 6) is -1.45. The Hall–Kier alpha value is -1.73. The molecule has 3 atom stereocenters. The first-order valence-corrected chi connectivity index (χ1v) is 9.28. The van der Waals surface area contributed by atoms with Crippen molar-refractivity contribution in [2.24, 2.45) is 5.92 Å². The number of piperazine rings is 1. The normalized spacial score (nSPS) is 27.9. The van der Waals surface area contributed by atoms with E-state index >= 15 is 0 Å². The summed E-state index contributed by atoms with van der Waals surface area (Å²) >= 11 is 0. The summed E-state index contributed by atoms with van der Waals surface area (Å²) in [6.07, 6.45) is 2.39. The van der Waals surface area contributed by atoms with E-state index in [1.807, 2.05) is 9.80 Å². The lowest BCUT2D eigenvalue weighted by Gasteiger charge is -2.41. The molecule has 1 N–H and O–H groups in total. The van der Waals surface area contributed by atoms with E-state index in [0.717, 1.165) is 25.5 Å². The summed E-state index contributed by atoms with van der Waals surface area (Å²) in [6.45, 7) is 3.06. The maximum Gasteiger partial charge on any atom is 0.236 e. The first-order chi connectivity index (χ1) is 12.5. The molecule has 3 aliphatic rings. The predicted octanol–water partition coefficient (Wildman–Crippen LogP) is 1.91. The molecule has 2 saturated heterocycles. The van der Waals surface area contributed by atoms with E-state index in [2.05, 4.69) is 5.32 Å². The first kappa shape index (κ1) is 20.0. The van der Waals surface area contributed by atoms with Crippen molar-refractivity contribution in [2.45, 2.75) is 31.2 Å². The van der Waals surface area contributed by atoms with Gasteiger partial charge in [-0.2, -0.15) is 0 Å². The van der Waals surface area contributed by atoms with Crippen molar-refractivity contribution in [3.05, 3.63) is 35.4 Å². The summed E-state index contributed by atoms with van der Waals surface area (Å²) in [5, 5.41) is 3.07. The fourth-order valence-corrected chi connectivity index (χ4v) is 4.26. The van der Waals surface area contributed by atoms with Crippen LogP contribution in [0.1, 0.15) is 30.7 Å². The minimum absolute atomic E-state index is 0. The van der Waals surface area contributed by atoms with Gasteiger partial charge in [0.25, 0.3) is 0 Å². The van der Waals surface area contributed by atoms with E-state index in [4.69, 9.17) is 0 Å². The van der Waals surface area contributed by atoms with E-state index < -0.39 is 11.6 Å². The van der Waals surface area contributed by atoms with Gasteiger partial charge in [0.1, 0.15) is 11.6 Å². The van der Waals surface area contributed by atoms with Crippen LogP contribution in [-0.2, 0) is 9.59 Å². The molecular formula is C19H24ClF2N3O2. The number of hydrogen-bond acceptors (Lipinski definition) is 3. The van der Waals surface area contributed by atoms with Gasteiger partial charge >= 0.3 is 0 Å². The Bertz CT molecular complexity index is 733. The molecule has 148 valence electrons. The number of carbonyl (C=O) groups excluding carboxylic acids is 2. The average molecular weight is 400 g/mol. The lowest BCUT2D eigenvalue weighted by Crippen LogP contribution is -2.57. The standard InChI is InChI=1S/C19H23F2N3O2.ClH/c20-12-3-4-14(17(21)8-12)15-9-16(15)19(26)23-6-1-2-13(11-23)24-7-5-22-10-18(24)25;/h3-4,8,13,15-16,22H,1-2,5-7,9-11H2;1H. The Balaban J connectivity index is 0.00000210. The molecule has 8 heteroatoms. The highest BCUT2D eigenvalue weighted by atomic mass is 35.5. The Morgan fingerprint density at radius 3 is 2.78 bits per heavy atom. The van der Waals surface area contributed by atoms with Crippen molar-refractivity contribution in [2.75, 3.05) is 32.7 Å². The minimum atomic E-state index is -0.602. The maximum absolute atomic E-state index is 14.0. The molecule has 1 aromatic rings. The number of hydrogen-bond donors (Lipinski definition) is 1. The van der Waals surface area contributed by atoms with E-state index in [0.29, 0.717) is 38.2 Å². The highest BCUT2D eigenvalue weighted by molar-refractivity contribution is 5.85. The summed E-state index contributed by atoms with van der Waals surface area (Å²) in [6, 6.07) is 3.64. The van der Waals surface area contributed by atoms with Crippen LogP contribution in [-0.4, -0.2) is 60.4 Å². The minimum Gasteiger partial charge on any atom is -0.340 e. The second-order valence-electron chi connectivity index (χ2n) is 7.46. The molecule has 0 bridgehead atoms. The number of halogens is 3. The Labute approximate surface area is 163 Å². The number of likely N-dealkylation sites (tertiary alicyclic amines) is 1. The van der Waals surface area contributed by atoms with Crippen LogP contribution >= 0.6 is 12.4 Å². The molecule has 2 aliphatic heterocycles. The molecule has 1 aliphatic carbocycles. The van der Waals surface area contributed by atoms with Crippen LogP contribution in [0.5, 0.6) is 0 Å². The molecule has 3 unspecified atom stereocenters. The van der Waals surface area contributed by atoms with E-state index in [9.17, 15) is 18.4 Å². The van der Waals surface area contributed by atoms with Gasteiger partial charge in [0.15, 0.2) is 0 Å². The molecule has 2 amide bonds. The summed E-state index contributed by atoms with van der Waals surface area (Å²) < 4.78 is 27.0. The fraction of sp³-hybridized carbons (Fsp3) is 0.579. The molecule has 1 aromatic carbocycles. The van der Waals surface area contributed by atoms with Gasteiger partial charge in [0, 0.05) is 44.2 Å². The van der Waals surface area contributed by atoms with Crippen LogP contribution in [0.2, 0.25) is 0 Å². The summed E-state index contributed by atoms with van der Waals surface area (Å²) in [4.78, 5) is 28.7. The first-order valence-electron chi connectivity index (χ1n) is 9.28. The van der Waals surface area contributed by atoms with Gasteiger partial charge in [-0.05, 0) is 36.8 Å². The van der Waals surface area contributed by atoms with Gasteiger partial charge in [0.05, 0.1) is 6.54 Å². The molecule has 1 saturated carbocycles. The number of rotatable bonds is 3. The van der Waals surface area contributed by atoms with Crippen LogP contribution in [0.25, 0.3) is 0 Å². The number of carbonyl (C=O) groups is 2. The van der Waals surface area contributed by atoms with Crippen LogP contribution < -0.4 is 5.32 Å². The Kier molecular flexibility index (Phi) is 6.01. The second kappa shape index (κ2) is 8.10. The third kappa shape index (κ3) is 4.09. The molecular weight excluding hydrogens is 376 g/mol. The fourth-order valence-electron chi connectivity index (χ4n) is 4.26. The van der Waals surface area contributed by atoms with Gasteiger partial charge in [-0.3, -0.25) is 9.59 Å². The smallest absolute Gasteiger partial charge is 0.236 e. The monoisotopic (exact) mass is 399 g/mol. The zero-order chi connectivity index (χ0) is 18.3. The number of benzene rings is 1.